The van der Waals surface area contributed by atoms with E-state index in [4.69, 9.17) is 0 Å². The van der Waals surface area contributed by atoms with Crippen LogP contribution in [0.3, 0.4) is 0 Å². The van der Waals surface area contributed by atoms with Gasteiger partial charge in [-0.05, 0) is 45.7 Å². The summed E-state index contributed by atoms with van der Waals surface area (Å²) in [6.45, 7) is 6.29. The number of hydrogen-bond donors (Lipinski definition) is 2. The highest BCUT2D eigenvalue weighted by atomic mass is 32.2. The summed E-state index contributed by atoms with van der Waals surface area (Å²) in [5.41, 5.74) is 0. The average Bonchev–Trinajstić information content (AvgIpc) is 2.39. The molecule has 0 amide bonds. The van der Waals surface area contributed by atoms with Gasteiger partial charge in [-0.15, -0.1) is 0 Å². The zero-order chi connectivity index (χ0) is 15.0. The molecule has 120 valence electrons. The Labute approximate surface area is 124 Å². The fourth-order valence-electron chi connectivity index (χ4n) is 2.79. The predicted octanol–water partition coefficient (Wildman–Crippen LogP) is 1.72. The summed E-state index contributed by atoms with van der Waals surface area (Å²) in [6, 6.07) is 0.0243. The second-order valence-electron chi connectivity index (χ2n) is 5.94. The first-order valence-corrected chi connectivity index (χ1v) is 9.35. The molecule has 2 unspecified atom stereocenters. The van der Waals surface area contributed by atoms with Gasteiger partial charge in [0.2, 0.25) is 0 Å². The topological polar surface area (TPSA) is 61.4 Å². The molecule has 0 spiro atoms. The SMILES string of the molecule is CCCCCC(C)NS(=O)(=O)N1CCCC(CNC)C1. The molecule has 1 fully saturated rings. The fraction of sp³-hybridized carbons (Fsp3) is 1.00. The van der Waals surface area contributed by atoms with Crippen LogP contribution in [0.5, 0.6) is 0 Å². The second-order valence-corrected chi connectivity index (χ2v) is 7.65. The number of nitrogens with zero attached hydrogens (tertiary/aromatic N) is 1. The average molecular weight is 305 g/mol. The molecule has 0 radical (unpaired) electrons. The van der Waals surface area contributed by atoms with Gasteiger partial charge in [0.1, 0.15) is 0 Å². The molecule has 1 aliphatic heterocycles. The van der Waals surface area contributed by atoms with Crippen LogP contribution in [0.15, 0.2) is 0 Å². The van der Waals surface area contributed by atoms with Gasteiger partial charge in [-0.1, -0.05) is 26.2 Å². The van der Waals surface area contributed by atoms with Crippen molar-refractivity contribution in [2.24, 2.45) is 5.92 Å². The summed E-state index contributed by atoms with van der Waals surface area (Å²) in [7, 11) is -1.40. The predicted molar refractivity (Wildman–Crippen MR) is 83.9 cm³/mol. The zero-order valence-corrected chi connectivity index (χ0v) is 14.0. The fourth-order valence-corrected chi connectivity index (χ4v) is 4.34. The summed E-state index contributed by atoms with van der Waals surface area (Å²) >= 11 is 0. The molecule has 20 heavy (non-hydrogen) atoms. The van der Waals surface area contributed by atoms with Crippen LogP contribution in [0, 0.1) is 5.92 Å². The number of rotatable bonds is 9. The van der Waals surface area contributed by atoms with E-state index < -0.39 is 10.2 Å². The minimum atomic E-state index is -3.32. The molecule has 6 heteroatoms. The van der Waals surface area contributed by atoms with Crippen molar-refractivity contribution in [2.45, 2.75) is 58.4 Å². The van der Waals surface area contributed by atoms with Crippen molar-refractivity contribution in [3.8, 4) is 0 Å². The van der Waals surface area contributed by atoms with Gasteiger partial charge in [0, 0.05) is 19.1 Å². The van der Waals surface area contributed by atoms with Crippen molar-refractivity contribution in [2.75, 3.05) is 26.7 Å². The van der Waals surface area contributed by atoms with E-state index in [-0.39, 0.29) is 6.04 Å². The summed E-state index contributed by atoms with van der Waals surface area (Å²) in [6.07, 6.45) is 6.40. The van der Waals surface area contributed by atoms with E-state index >= 15 is 0 Å². The largest absolute Gasteiger partial charge is 0.319 e. The molecule has 0 bridgehead atoms. The lowest BCUT2D eigenvalue weighted by Gasteiger charge is -2.32. The van der Waals surface area contributed by atoms with Crippen LogP contribution in [0.4, 0.5) is 0 Å². The third kappa shape index (κ3) is 6.08. The van der Waals surface area contributed by atoms with E-state index in [0.29, 0.717) is 19.0 Å². The standard InChI is InChI=1S/C14H31N3O2S/c1-4-5-6-8-13(2)16-20(18,19)17-10-7-9-14(12-17)11-15-3/h13-16H,4-12H2,1-3H3. The van der Waals surface area contributed by atoms with E-state index in [0.717, 1.165) is 38.6 Å². The summed E-state index contributed by atoms with van der Waals surface area (Å²) in [4.78, 5) is 0. The first-order chi connectivity index (χ1) is 9.49. The lowest BCUT2D eigenvalue weighted by Crippen LogP contribution is -2.49. The lowest BCUT2D eigenvalue weighted by molar-refractivity contribution is 0.259. The molecule has 1 saturated heterocycles. The highest BCUT2D eigenvalue weighted by Crippen LogP contribution is 2.18. The van der Waals surface area contributed by atoms with Gasteiger partial charge in [0.05, 0.1) is 0 Å². The van der Waals surface area contributed by atoms with Crippen molar-refractivity contribution in [1.29, 1.82) is 0 Å². The Balaban J connectivity index is 2.46. The maximum atomic E-state index is 12.4. The summed E-state index contributed by atoms with van der Waals surface area (Å²) in [5.74, 6) is 0.431. The van der Waals surface area contributed by atoms with Crippen LogP contribution in [0.25, 0.3) is 0 Å². The molecule has 0 aromatic rings. The third-order valence-corrected chi connectivity index (χ3v) is 5.62. The van der Waals surface area contributed by atoms with Crippen LogP contribution in [-0.2, 0) is 10.2 Å². The first kappa shape index (κ1) is 17.9. The number of piperidine rings is 1. The van der Waals surface area contributed by atoms with Crippen molar-refractivity contribution in [3.05, 3.63) is 0 Å². The van der Waals surface area contributed by atoms with Crippen molar-refractivity contribution >= 4 is 10.2 Å². The summed E-state index contributed by atoms with van der Waals surface area (Å²) in [5, 5.41) is 3.14. The molecule has 0 aromatic carbocycles. The molecule has 1 heterocycles. The third-order valence-electron chi connectivity index (χ3n) is 3.91. The Bertz CT molecular complexity index is 357. The van der Waals surface area contributed by atoms with Crippen molar-refractivity contribution in [3.63, 3.8) is 0 Å². The van der Waals surface area contributed by atoms with Gasteiger partial charge >= 0.3 is 0 Å². The van der Waals surface area contributed by atoms with Gasteiger partial charge in [-0.3, -0.25) is 0 Å². The minimum Gasteiger partial charge on any atom is -0.319 e. The van der Waals surface area contributed by atoms with Crippen LogP contribution in [0.2, 0.25) is 0 Å². The van der Waals surface area contributed by atoms with Crippen molar-refractivity contribution < 1.29 is 8.42 Å². The molecule has 1 aliphatic rings. The number of nitrogens with one attached hydrogen (secondary N) is 2. The van der Waals surface area contributed by atoms with E-state index in [1.807, 2.05) is 14.0 Å². The molecule has 0 aliphatic carbocycles. The number of hydrogen-bond acceptors (Lipinski definition) is 3. The molecular formula is C14H31N3O2S. The molecule has 1 rings (SSSR count). The molecular weight excluding hydrogens is 274 g/mol. The number of unbranched alkanes of at least 4 members (excludes halogenated alkanes) is 2. The highest BCUT2D eigenvalue weighted by molar-refractivity contribution is 7.87. The van der Waals surface area contributed by atoms with Gasteiger partial charge in [-0.25, -0.2) is 0 Å². The molecule has 0 saturated carbocycles. The van der Waals surface area contributed by atoms with Crippen LogP contribution in [-0.4, -0.2) is 45.4 Å². The Hall–Kier alpha value is -0.170. The van der Waals surface area contributed by atoms with Crippen molar-refractivity contribution in [1.82, 2.24) is 14.3 Å². The van der Waals surface area contributed by atoms with Gasteiger partial charge < -0.3 is 5.32 Å². The Morgan fingerprint density at radius 3 is 2.75 bits per heavy atom. The van der Waals surface area contributed by atoms with E-state index in [2.05, 4.69) is 17.0 Å². The van der Waals surface area contributed by atoms with E-state index in [9.17, 15) is 8.42 Å². The smallest absolute Gasteiger partial charge is 0.279 e. The summed E-state index contributed by atoms with van der Waals surface area (Å²) < 4.78 is 29.2. The Morgan fingerprint density at radius 2 is 2.10 bits per heavy atom. The van der Waals surface area contributed by atoms with Gasteiger partial charge in [0.25, 0.3) is 10.2 Å². The lowest BCUT2D eigenvalue weighted by atomic mass is 10.00. The molecule has 2 atom stereocenters. The maximum absolute atomic E-state index is 12.4. The van der Waals surface area contributed by atoms with E-state index in [1.54, 1.807) is 4.31 Å². The quantitative estimate of drug-likeness (QED) is 0.638. The van der Waals surface area contributed by atoms with Crippen LogP contribution >= 0.6 is 0 Å². The molecule has 2 N–H and O–H groups in total. The molecule has 0 aromatic heterocycles. The Morgan fingerprint density at radius 1 is 1.35 bits per heavy atom. The maximum Gasteiger partial charge on any atom is 0.279 e. The monoisotopic (exact) mass is 305 g/mol. The van der Waals surface area contributed by atoms with Crippen LogP contribution < -0.4 is 10.0 Å². The minimum absolute atomic E-state index is 0.0243. The Kier molecular flexibility index (Phi) is 8.02. The normalized spacial score (nSPS) is 22.9. The van der Waals surface area contributed by atoms with Gasteiger partial charge in [0.15, 0.2) is 0 Å². The van der Waals surface area contributed by atoms with Crippen LogP contribution in [0.1, 0.15) is 52.4 Å². The first-order valence-electron chi connectivity index (χ1n) is 7.91. The highest BCUT2D eigenvalue weighted by Gasteiger charge is 2.29. The second kappa shape index (κ2) is 8.97. The zero-order valence-electron chi connectivity index (χ0n) is 13.2. The van der Waals surface area contributed by atoms with E-state index in [1.165, 1.54) is 6.42 Å². The van der Waals surface area contributed by atoms with Gasteiger partial charge in [-0.2, -0.15) is 17.4 Å². The molecule has 5 nitrogen and oxygen atoms in total.